The van der Waals surface area contributed by atoms with Crippen LogP contribution >= 0.6 is 0 Å². The summed E-state index contributed by atoms with van der Waals surface area (Å²) in [6, 6.07) is 14.9. The van der Waals surface area contributed by atoms with E-state index < -0.39 is 0 Å². The molecule has 0 amide bonds. The molecule has 0 radical (unpaired) electrons. The highest BCUT2D eigenvalue weighted by Crippen LogP contribution is 2.31. The molecule has 1 atom stereocenters. The van der Waals surface area contributed by atoms with Gasteiger partial charge in [-0.15, -0.1) is 0 Å². The monoisotopic (exact) mass is 283 g/mol. The topological polar surface area (TPSA) is 21.3 Å². The van der Waals surface area contributed by atoms with Crippen LogP contribution in [0.25, 0.3) is 0 Å². The zero-order chi connectivity index (χ0) is 15.2. The number of para-hydroxylation sites is 1. The zero-order valence-corrected chi connectivity index (χ0v) is 13.4. The van der Waals surface area contributed by atoms with Gasteiger partial charge in [0.1, 0.15) is 11.5 Å². The maximum absolute atomic E-state index is 6.13. The molecule has 0 heterocycles. The molecule has 1 N–H and O–H groups in total. The van der Waals surface area contributed by atoms with Crippen LogP contribution in [0.15, 0.2) is 42.5 Å². The van der Waals surface area contributed by atoms with Gasteiger partial charge in [0.2, 0.25) is 0 Å². The van der Waals surface area contributed by atoms with E-state index in [1.54, 1.807) is 0 Å². The minimum atomic E-state index is 0.331. The fourth-order valence-corrected chi connectivity index (χ4v) is 2.49. The van der Waals surface area contributed by atoms with Crippen molar-refractivity contribution in [3.05, 3.63) is 59.2 Å². The van der Waals surface area contributed by atoms with Crippen molar-refractivity contribution in [1.82, 2.24) is 5.32 Å². The van der Waals surface area contributed by atoms with Crippen LogP contribution in [0.3, 0.4) is 0 Å². The van der Waals surface area contributed by atoms with Gasteiger partial charge >= 0.3 is 0 Å². The molecule has 2 aromatic carbocycles. The lowest BCUT2D eigenvalue weighted by Crippen LogP contribution is -2.20. The summed E-state index contributed by atoms with van der Waals surface area (Å²) < 4.78 is 6.13. The maximum Gasteiger partial charge on any atom is 0.132 e. The predicted molar refractivity (Wildman–Crippen MR) is 89.1 cm³/mol. The first kappa shape index (κ1) is 15.6. The summed E-state index contributed by atoms with van der Waals surface area (Å²) in [7, 11) is 0. The third-order valence-corrected chi connectivity index (χ3v) is 3.86. The summed E-state index contributed by atoms with van der Waals surface area (Å²) in [6.07, 6.45) is 1.04. The van der Waals surface area contributed by atoms with Crippen molar-refractivity contribution in [2.75, 3.05) is 6.54 Å². The third kappa shape index (κ3) is 3.85. The average molecular weight is 283 g/mol. The molecule has 0 saturated heterocycles. The highest BCUT2D eigenvalue weighted by molar-refractivity contribution is 5.41. The Morgan fingerprint density at radius 3 is 2.43 bits per heavy atom. The molecule has 1 unspecified atom stereocenters. The first-order chi connectivity index (χ1) is 10.2. The molecule has 0 spiro atoms. The first-order valence-corrected chi connectivity index (χ1v) is 7.73. The lowest BCUT2D eigenvalue weighted by molar-refractivity contribution is 0.452. The fraction of sp³-hybridized carbons (Fsp3) is 0.368. The van der Waals surface area contributed by atoms with Crippen LogP contribution in [-0.2, 0) is 0 Å². The van der Waals surface area contributed by atoms with Crippen molar-refractivity contribution in [3.8, 4) is 11.5 Å². The van der Waals surface area contributed by atoms with E-state index in [-0.39, 0.29) is 0 Å². The number of hydrogen-bond donors (Lipinski definition) is 1. The van der Waals surface area contributed by atoms with Gasteiger partial charge in [0.25, 0.3) is 0 Å². The Hall–Kier alpha value is -1.80. The Morgan fingerprint density at radius 1 is 1.00 bits per heavy atom. The summed E-state index contributed by atoms with van der Waals surface area (Å²) in [6.45, 7) is 9.51. The van der Waals surface area contributed by atoms with Gasteiger partial charge in [0, 0.05) is 11.6 Å². The van der Waals surface area contributed by atoms with Crippen LogP contribution in [-0.4, -0.2) is 6.54 Å². The quantitative estimate of drug-likeness (QED) is 0.791. The number of hydrogen-bond acceptors (Lipinski definition) is 2. The van der Waals surface area contributed by atoms with Crippen LogP contribution in [0.5, 0.6) is 11.5 Å². The van der Waals surface area contributed by atoms with E-state index in [9.17, 15) is 0 Å². The molecule has 21 heavy (non-hydrogen) atoms. The molecule has 0 saturated carbocycles. The van der Waals surface area contributed by atoms with E-state index in [0.29, 0.717) is 6.04 Å². The lowest BCUT2D eigenvalue weighted by atomic mass is 10.0. The summed E-state index contributed by atoms with van der Waals surface area (Å²) in [5.74, 6) is 1.84. The standard InChI is InChI=1S/C19H25NO/c1-5-18(20-6-2)17-9-7-8-10-19(17)21-16-12-11-14(3)15(4)13-16/h7-13,18,20H,5-6H2,1-4H3. The highest BCUT2D eigenvalue weighted by Gasteiger charge is 2.13. The van der Waals surface area contributed by atoms with Crippen molar-refractivity contribution in [3.63, 3.8) is 0 Å². The van der Waals surface area contributed by atoms with E-state index >= 15 is 0 Å². The number of rotatable bonds is 6. The van der Waals surface area contributed by atoms with Gasteiger partial charge in [-0.2, -0.15) is 0 Å². The highest BCUT2D eigenvalue weighted by atomic mass is 16.5. The number of benzene rings is 2. The second-order valence-corrected chi connectivity index (χ2v) is 5.40. The average Bonchev–Trinajstić information content (AvgIpc) is 2.49. The Balaban J connectivity index is 2.29. The van der Waals surface area contributed by atoms with Crippen LogP contribution in [0, 0.1) is 13.8 Å². The summed E-state index contributed by atoms with van der Waals surface area (Å²) in [5, 5.41) is 3.52. The lowest BCUT2D eigenvalue weighted by Gasteiger charge is -2.20. The first-order valence-electron chi connectivity index (χ1n) is 7.73. The molecule has 2 rings (SSSR count). The minimum Gasteiger partial charge on any atom is -0.457 e. The van der Waals surface area contributed by atoms with Gasteiger partial charge in [-0.05, 0) is 56.1 Å². The van der Waals surface area contributed by atoms with Gasteiger partial charge < -0.3 is 10.1 Å². The summed E-state index contributed by atoms with van der Waals surface area (Å²) in [5.41, 5.74) is 3.76. The zero-order valence-electron chi connectivity index (χ0n) is 13.4. The van der Waals surface area contributed by atoms with E-state index in [1.165, 1.54) is 16.7 Å². The van der Waals surface area contributed by atoms with Crippen molar-refractivity contribution >= 4 is 0 Å². The minimum absolute atomic E-state index is 0.331. The van der Waals surface area contributed by atoms with E-state index in [0.717, 1.165) is 24.5 Å². The molecule has 2 heteroatoms. The Kier molecular flexibility index (Phi) is 5.40. The van der Waals surface area contributed by atoms with Gasteiger partial charge in [-0.25, -0.2) is 0 Å². The smallest absolute Gasteiger partial charge is 0.132 e. The molecular weight excluding hydrogens is 258 g/mol. The van der Waals surface area contributed by atoms with Gasteiger partial charge in [-0.1, -0.05) is 38.1 Å². The largest absolute Gasteiger partial charge is 0.457 e. The van der Waals surface area contributed by atoms with E-state index in [4.69, 9.17) is 4.74 Å². The van der Waals surface area contributed by atoms with Crippen LogP contribution in [0.1, 0.15) is 43.0 Å². The molecule has 0 aliphatic rings. The Labute approximate surface area is 128 Å². The fourth-order valence-electron chi connectivity index (χ4n) is 2.49. The molecular formula is C19H25NO. The van der Waals surface area contributed by atoms with Crippen LogP contribution < -0.4 is 10.1 Å². The molecule has 0 aromatic heterocycles. The van der Waals surface area contributed by atoms with Gasteiger partial charge in [0.15, 0.2) is 0 Å². The molecule has 0 bridgehead atoms. The number of nitrogens with one attached hydrogen (secondary N) is 1. The molecule has 2 aromatic rings. The van der Waals surface area contributed by atoms with E-state index in [2.05, 4.69) is 57.3 Å². The molecule has 2 nitrogen and oxygen atoms in total. The van der Waals surface area contributed by atoms with E-state index in [1.807, 2.05) is 18.2 Å². The van der Waals surface area contributed by atoms with Crippen molar-refractivity contribution in [1.29, 1.82) is 0 Å². The van der Waals surface area contributed by atoms with Crippen molar-refractivity contribution < 1.29 is 4.74 Å². The Bertz CT molecular complexity index is 592. The van der Waals surface area contributed by atoms with Crippen molar-refractivity contribution in [2.24, 2.45) is 0 Å². The normalized spacial score (nSPS) is 12.2. The second-order valence-electron chi connectivity index (χ2n) is 5.40. The third-order valence-electron chi connectivity index (χ3n) is 3.86. The second kappa shape index (κ2) is 7.28. The number of ether oxygens (including phenoxy) is 1. The molecule has 0 aliphatic heterocycles. The summed E-state index contributed by atoms with van der Waals surface area (Å²) >= 11 is 0. The SMILES string of the molecule is CCNC(CC)c1ccccc1Oc1ccc(C)c(C)c1. The van der Waals surface area contributed by atoms with Crippen LogP contribution in [0.2, 0.25) is 0 Å². The van der Waals surface area contributed by atoms with Crippen LogP contribution in [0.4, 0.5) is 0 Å². The molecule has 112 valence electrons. The number of aryl methyl sites for hydroxylation is 2. The van der Waals surface area contributed by atoms with Crippen molar-refractivity contribution in [2.45, 2.75) is 40.2 Å². The molecule has 0 aliphatic carbocycles. The van der Waals surface area contributed by atoms with Gasteiger partial charge in [0.05, 0.1) is 0 Å². The predicted octanol–water partition coefficient (Wildman–Crippen LogP) is 5.16. The maximum atomic E-state index is 6.13. The molecule has 0 fully saturated rings. The Morgan fingerprint density at radius 2 is 1.76 bits per heavy atom. The summed E-state index contributed by atoms with van der Waals surface area (Å²) in [4.78, 5) is 0. The van der Waals surface area contributed by atoms with Gasteiger partial charge in [-0.3, -0.25) is 0 Å².